The van der Waals surface area contributed by atoms with E-state index in [0.29, 0.717) is 6.61 Å². The molecule has 0 saturated carbocycles. The molecule has 1 heteroatoms. The van der Waals surface area contributed by atoms with Gasteiger partial charge in [0.25, 0.3) is 0 Å². The summed E-state index contributed by atoms with van der Waals surface area (Å²) in [6.07, 6.45) is 7.73. The van der Waals surface area contributed by atoms with E-state index in [2.05, 4.69) is 43.0 Å². The number of ether oxygens (including phenoxy) is 1. The molecule has 2 aromatic carbocycles. The van der Waals surface area contributed by atoms with Crippen molar-refractivity contribution in [3.05, 3.63) is 77.4 Å². The molecule has 0 spiro atoms. The summed E-state index contributed by atoms with van der Waals surface area (Å²) in [6.45, 7) is 4.51. The van der Waals surface area contributed by atoms with Crippen LogP contribution in [0.1, 0.15) is 35.1 Å². The maximum absolute atomic E-state index is 6.23. The lowest BCUT2D eigenvalue weighted by molar-refractivity contribution is 0.298. The topological polar surface area (TPSA) is 9.23 Å². The first-order valence-corrected chi connectivity index (χ1v) is 7.79. The quantitative estimate of drug-likeness (QED) is 0.709. The third-order valence-electron chi connectivity index (χ3n) is 4.15. The lowest BCUT2D eigenvalue weighted by Crippen LogP contribution is -2.08. The van der Waals surface area contributed by atoms with Crippen molar-refractivity contribution in [2.24, 2.45) is 0 Å². The SMILES string of the molecule is C=CCc1ccc2c(c1OCc1ccccc1)CCCC2. The van der Waals surface area contributed by atoms with Crippen molar-refractivity contribution in [3.8, 4) is 5.75 Å². The number of hydrogen-bond acceptors (Lipinski definition) is 1. The smallest absolute Gasteiger partial charge is 0.126 e. The van der Waals surface area contributed by atoms with Crippen LogP contribution in [-0.4, -0.2) is 0 Å². The highest BCUT2D eigenvalue weighted by molar-refractivity contribution is 5.48. The van der Waals surface area contributed by atoms with Gasteiger partial charge in [-0.15, -0.1) is 6.58 Å². The third-order valence-corrected chi connectivity index (χ3v) is 4.15. The van der Waals surface area contributed by atoms with E-state index >= 15 is 0 Å². The van der Waals surface area contributed by atoms with Gasteiger partial charge in [-0.2, -0.15) is 0 Å². The summed E-state index contributed by atoms with van der Waals surface area (Å²) in [5.41, 5.74) is 5.38. The predicted octanol–water partition coefficient (Wildman–Crippen LogP) is 4.87. The first kappa shape index (κ1) is 13.9. The Bertz CT molecular complexity index is 613. The molecule has 0 radical (unpaired) electrons. The number of benzene rings is 2. The van der Waals surface area contributed by atoms with Gasteiger partial charge >= 0.3 is 0 Å². The van der Waals surface area contributed by atoms with Crippen LogP contribution in [0.15, 0.2) is 55.1 Å². The van der Waals surface area contributed by atoms with Crippen LogP contribution in [0.2, 0.25) is 0 Å². The van der Waals surface area contributed by atoms with Crippen molar-refractivity contribution in [2.75, 3.05) is 0 Å². The largest absolute Gasteiger partial charge is 0.488 e. The summed E-state index contributed by atoms with van der Waals surface area (Å²) >= 11 is 0. The zero-order valence-electron chi connectivity index (χ0n) is 12.5. The van der Waals surface area contributed by atoms with E-state index < -0.39 is 0 Å². The Kier molecular flexibility index (Phi) is 4.40. The molecular weight excluding hydrogens is 256 g/mol. The lowest BCUT2D eigenvalue weighted by atomic mass is 9.88. The normalized spacial score (nSPS) is 13.5. The summed E-state index contributed by atoms with van der Waals surface area (Å²) in [6, 6.07) is 14.9. The average molecular weight is 278 g/mol. The third kappa shape index (κ3) is 3.18. The van der Waals surface area contributed by atoms with Crippen LogP contribution in [0, 0.1) is 0 Å². The summed E-state index contributed by atoms with van der Waals surface area (Å²) in [4.78, 5) is 0. The number of hydrogen-bond donors (Lipinski definition) is 0. The van der Waals surface area contributed by atoms with Gasteiger partial charge in [-0.1, -0.05) is 48.5 Å². The van der Waals surface area contributed by atoms with Crippen molar-refractivity contribution >= 4 is 0 Å². The number of fused-ring (bicyclic) bond motifs is 1. The molecule has 21 heavy (non-hydrogen) atoms. The molecule has 0 aromatic heterocycles. The van der Waals surface area contributed by atoms with Gasteiger partial charge in [-0.05, 0) is 54.4 Å². The molecule has 0 bridgehead atoms. The first-order chi connectivity index (χ1) is 10.4. The Morgan fingerprint density at radius 3 is 2.62 bits per heavy atom. The van der Waals surface area contributed by atoms with Gasteiger partial charge in [0, 0.05) is 0 Å². The molecule has 108 valence electrons. The molecule has 0 aliphatic heterocycles. The van der Waals surface area contributed by atoms with Crippen LogP contribution in [0.25, 0.3) is 0 Å². The monoisotopic (exact) mass is 278 g/mol. The van der Waals surface area contributed by atoms with Crippen molar-refractivity contribution in [2.45, 2.75) is 38.7 Å². The zero-order chi connectivity index (χ0) is 14.5. The fourth-order valence-electron chi connectivity index (χ4n) is 3.07. The van der Waals surface area contributed by atoms with Gasteiger partial charge in [0.1, 0.15) is 12.4 Å². The van der Waals surface area contributed by atoms with E-state index in [-0.39, 0.29) is 0 Å². The Morgan fingerprint density at radius 1 is 1.00 bits per heavy atom. The highest BCUT2D eigenvalue weighted by Gasteiger charge is 2.17. The molecule has 0 fully saturated rings. The molecule has 0 saturated heterocycles. The van der Waals surface area contributed by atoms with Crippen LogP contribution in [-0.2, 0) is 25.9 Å². The zero-order valence-corrected chi connectivity index (χ0v) is 12.5. The van der Waals surface area contributed by atoms with Gasteiger partial charge in [0.2, 0.25) is 0 Å². The summed E-state index contributed by atoms with van der Waals surface area (Å²) < 4.78 is 6.23. The molecular formula is C20H22O. The second-order valence-corrected chi connectivity index (χ2v) is 5.67. The molecule has 1 aliphatic rings. The summed E-state index contributed by atoms with van der Waals surface area (Å²) in [7, 11) is 0. The molecule has 0 heterocycles. The van der Waals surface area contributed by atoms with E-state index in [1.54, 1.807) is 0 Å². The highest BCUT2D eigenvalue weighted by Crippen LogP contribution is 2.34. The van der Waals surface area contributed by atoms with E-state index in [1.165, 1.54) is 41.5 Å². The molecule has 0 amide bonds. The Morgan fingerprint density at radius 2 is 1.81 bits per heavy atom. The van der Waals surface area contributed by atoms with Gasteiger partial charge < -0.3 is 4.74 Å². The summed E-state index contributed by atoms with van der Waals surface area (Å²) in [5.74, 6) is 1.11. The second-order valence-electron chi connectivity index (χ2n) is 5.67. The van der Waals surface area contributed by atoms with Crippen LogP contribution < -0.4 is 4.74 Å². The van der Waals surface area contributed by atoms with E-state index in [4.69, 9.17) is 4.74 Å². The fourth-order valence-corrected chi connectivity index (χ4v) is 3.07. The van der Waals surface area contributed by atoms with Crippen molar-refractivity contribution in [3.63, 3.8) is 0 Å². The Balaban J connectivity index is 1.89. The minimum absolute atomic E-state index is 0.640. The molecule has 0 N–H and O–H groups in total. The van der Waals surface area contributed by atoms with Crippen molar-refractivity contribution < 1.29 is 4.74 Å². The van der Waals surface area contributed by atoms with Crippen LogP contribution >= 0.6 is 0 Å². The van der Waals surface area contributed by atoms with E-state index in [9.17, 15) is 0 Å². The molecule has 1 nitrogen and oxygen atoms in total. The first-order valence-electron chi connectivity index (χ1n) is 7.79. The molecule has 3 rings (SSSR count). The minimum atomic E-state index is 0.640. The molecule has 1 aliphatic carbocycles. The Hall–Kier alpha value is -2.02. The van der Waals surface area contributed by atoms with Crippen LogP contribution in [0.4, 0.5) is 0 Å². The highest BCUT2D eigenvalue weighted by atomic mass is 16.5. The number of allylic oxidation sites excluding steroid dienone is 1. The van der Waals surface area contributed by atoms with Crippen molar-refractivity contribution in [1.29, 1.82) is 0 Å². The van der Waals surface area contributed by atoms with Gasteiger partial charge in [-0.3, -0.25) is 0 Å². The molecule has 0 atom stereocenters. The fraction of sp³-hybridized carbons (Fsp3) is 0.300. The maximum atomic E-state index is 6.23. The van der Waals surface area contributed by atoms with E-state index in [0.717, 1.165) is 18.6 Å². The second kappa shape index (κ2) is 6.62. The predicted molar refractivity (Wildman–Crippen MR) is 87.8 cm³/mol. The lowest BCUT2D eigenvalue weighted by Gasteiger charge is -2.22. The van der Waals surface area contributed by atoms with Crippen LogP contribution in [0.5, 0.6) is 5.75 Å². The summed E-state index contributed by atoms with van der Waals surface area (Å²) in [5, 5.41) is 0. The average Bonchev–Trinajstić information content (AvgIpc) is 2.55. The molecule has 2 aromatic rings. The minimum Gasteiger partial charge on any atom is -0.488 e. The van der Waals surface area contributed by atoms with Gasteiger partial charge in [0.05, 0.1) is 0 Å². The maximum Gasteiger partial charge on any atom is 0.126 e. The van der Waals surface area contributed by atoms with Gasteiger partial charge in [-0.25, -0.2) is 0 Å². The standard InChI is InChI=1S/C20H22O/c1-2-8-18-14-13-17-11-6-7-12-19(17)20(18)21-15-16-9-4-3-5-10-16/h2-5,9-10,13-14H,1,6-8,11-12,15H2. The number of aryl methyl sites for hydroxylation is 1. The van der Waals surface area contributed by atoms with Crippen molar-refractivity contribution in [1.82, 2.24) is 0 Å². The van der Waals surface area contributed by atoms with E-state index in [1.807, 2.05) is 12.1 Å². The number of rotatable bonds is 5. The Labute approximate surface area is 127 Å². The van der Waals surface area contributed by atoms with Gasteiger partial charge in [0.15, 0.2) is 0 Å². The molecule has 0 unspecified atom stereocenters. The van der Waals surface area contributed by atoms with Crippen LogP contribution in [0.3, 0.4) is 0 Å².